The van der Waals surface area contributed by atoms with E-state index in [2.05, 4.69) is 39.0 Å². The SMILES string of the molecule is CC(C)(C)OC(=O)N1CCC(COc2noc3cccc(O[C@]4(O)CC[C@H](O[Si](C)(C)C(C)(C)C)CC4)c23)CC1. The summed E-state index contributed by atoms with van der Waals surface area (Å²) in [5.74, 6) is -0.151. The fraction of sp³-hybridized carbons (Fsp3) is 0.733. The molecule has 2 heterocycles. The van der Waals surface area contributed by atoms with Crippen LogP contribution in [0.5, 0.6) is 11.6 Å². The van der Waals surface area contributed by atoms with Gasteiger partial charge in [0.25, 0.3) is 5.88 Å². The number of amides is 1. The van der Waals surface area contributed by atoms with Crippen molar-refractivity contribution in [3.63, 3.8) is 0 Å². The Morgan fingerprint density at radius 2 is 1.75 bits per heavy atom. The van der Waals surface area contributed by atoms with Gasteiger partial charge in [-0.05, 0) is 87.8 Å². The largest absolute Gasteiger partial charge is 0.475 e. The van der Waals surface area contributed by atoms with Gasteiger partial charge in [-0.2, -0.15) is 0 Å². The molecule has 1 aliphatic carbocycles. The third-order valence-electron chi connectivity index (χ3n) is 8.43. The molecule has 1 N–H and O–H groups in total. The number of aromatic nitrogens is 1. The van der Waals surface area contributed by atoms with Crippen LogP contribution in [0.1, 0.15) is 80.1 Å². The summed E-state index contributed by atoms with van der Waals surface area (Å²) in [6.45, 7) is 18.6. The predicted molar refractivity (Wildman–Crippen MR) is 156 cm³/mol. The highest BCUT2D eigenvalue weighted by molar-refractivity contribution is 6.74. The van der Waals surface area contributed by atoms with Crippen LogP contribution in [0.3, 0.4) is 0 Å². The van der Waals surface area contributed by atoms with Crippen LogP contribution in [-0.4, -0.2) is 66.8 Å². The number of rotatable bonds is 7. The van der Waals surface area contributed by atoms with Crippen LogP contribution in [-0.2, 0) is 9.16 Å². The number of aliphatic hydroxyl groups is 1. The van der Waals surface area contributed by atoms with E-state index < -0.39 is 19.7 Å². The molecule has 1 saturated carbocycles. The van der Waals surface area contributed by atoms with E-state index in [1.807, 2.05) is 39.0 Å². The van der Waals surface area contributed by atoms with Crippen LogP contribution in [0.4, 0.5) is 4.79 Å². The monoisotopic (exact) mass is 576 g/mol. The van der Waals surface area contributed by atoms with Crippen molar-refractivity contribution in [2.75, 3.05) is 19.7 Å². The van der Waals surface area contributed by atoms with Crippen LogP contribution in [0, 0.1) is 5.92 Å². The number of fused-ring (bicyclic) bond motifs is 1. The Morgan fingerprint density at radius 1 is 1.10 bits per heavy atom. The molecule has 1 amide bonds. The molecule has 2 aliphatic rings. The number of hydrogen-bond donors (Lipinski definition) is 1. The van der Waals surface area contributed by atoms with Gasteiger partial charge in [0.1, 0.15) is 16.7 Å². The van der Waals surface area contributed by atoms with Crippen LogP contribution in [0.2, 0.25) is 18.1 Å². The average molecular weight is 577 g/mol. The normalized spacial score (nSPS) is 23.3. The molecule has 2 aromatic rings. The van der Waals surface area contributed by atoms with Gasteiger partial charge in [0, 0.05) is 32.0 Å². The second kappa shape index (κ2) is 11.5. The zero-order valence-corrected chi connectivity index (χ0v) is 26.5. The van der Waals surface area contributed by atoms with Gasteiger partial charge in [-0.15, -0.1) is 0 Å². The molecule has 1 aliphatic heterocycles. The average Bonchev–Trinajstić information content (AvgIpc) is 3.27. The van der Waals surface area contributed by atoms with Crippen LogP contribution >= 0.6 is 0 Å². The minimum atomic E-state index is -1.88. The predicted octanol–water partition coefficient (Wildman–Crippen LogP) is 6.89. The van der Waals surface area contributed by atoms with Crippen molar-refractivity contribution in [2.24, 2.45) is 5.92 Å². The van der Waals surface area contributed by atoms with Gasteiger partial charge < -0.3 is 33.2 Å². The van der Waals surface area contributed by atoms with Crippen LogP contribution in [0.15, 0.2) is 22.7 Å². The van der Waals surface area contributed by atoms with Gasteiger partial charge in [0.05, 0.1) is 6.61 Å². The molecule has 40 heavy (non-hydrogen) atoms. The topological polar surface area (TPSA) is 103 Å². The molecule has 0 unspecified atom stereocenters. The van der Waals surface area contributed by atoms with Crippen LogP contribution in [0.25, 0.3) is 11.0 Å². The van der Waals surface area contributed by atoms with Gasteiger partial charge in [0.15, 0.2) is 13.9 Å². The molecule has 0 radical (unpaired) electrons. The second-order valence-corrected chi connectivity index (χ2v) is 18.7. The van der Waals surface area contributed by atoms with Gasteiger partial charge in [-0.25, -0.2) is 4.79 Å². The Labute approximate surface area is 239 Å². The Hall–Kier alpha value is -2.30. The molecule has 2 fully saturated rings. The molecule has 10 heteroatoms. The Morgan fingerprint density at radius 3 is 2.35 bits per heavy atom. The van der Waals surface area contributed by atoms with E-state index in [0.29, 0.717) is 55.1 Å². The molecular weight excluding hydrogens is 528 g/mol. The molecule has 224 valence electrons. The third-order valence-corrected chi connectivity index (χ3v) is 13.0. The molecule has 1 aromatic heterocycles. The highest BCUT2D eigenvalue weighted by atomic mass is 28.4. The molecule has 4 rings (SSSR count). The number of carbonyl (C=O) groups excluding carboxylic acids is 1. The highest BCUT2D eigenvalue weighted by Crippen LogP contribution is 2.42. The van der Waals surface area contributed by atoms with Crippen molar-refractivity contribution in [3.8, 4) is 11.6 Å². The van der Waals surface area contributed by atoms with E-state index >= 15 is 0 Å². The van der Waals surface area contributed by atoms with Crippen molar-refractivity contribution < 1.29 is 33.1 Å². The molecule has 0 spiro atoms. The molecule has 9 nitrogen and oxygen atoms in total. The standard InChI is InChI=1S/C30H48N2O7Si/c1-28(2,3)37-27(33)32-18-14-21(15-19-32)20-35-26-25-23(10-9-11-24(25)38-31-26)36-30(34)16-12-22(13-17-30)39-40(7,8)29(4,5)6/h9-11,21-22,34H,12-20H2,1-8H3/t22-,30+. The number of carbonyl (C=O) groups is 1. The summed E-state index contributed by atoms with van der Waals surface area (Å²) in [5, 5.41) is 16.3. The van der Waals surface area contributed by atoms with Gasteiger partial charge >= 0.3 is 6.09 Å². The van der Waals surface area contributed by atoms with E-state index in [1.54, 1.807) is 4.90 Å². The minimum absolute atomic E-state index is 0.136. The first kappa shape index (κ1) is 30.7. The fourth-order valence-corrected chi connectivity index (χ4v) is 6.41. The number of likely N-dealkylation sites (tertiary alicyclic amines) is 1. The zero-order valence-electron chi connectivity index (χ0n) is 25.5. The van der Waals surface area contributed by atoms with E-state index in [0.717, 1.165) is 25.7 Å². The summed E-state index contributed by atoms with van der Waals surface area (Å²) >= 11 is 0. The Balaban J connectivity index is 1.34. The minimum Gasteiger partial charge on any atom is -0.475 e. The second-order valence-electron chi connectivity index (χ2n) is 14.0. The van der Waals surface area contributed by atoms with E-state index in [-0.39, 0.29) is 23.2 Å². The molecule has 0 atom stereocenters. The van der Waals surface area contributed by atoms with E-state index in [4.69, 9.17) is 23.2 Å². The summed E-state index contributed by atoms with van der Waals surface area (Å²) in [7, 11) is -1.88. The van der Waals surface area contributed by atoms with Crippen molar-refractivity contribution in [2.45, 2.75) is 116 Å². The molecule has 1 saturated heterocycles. The van der Waals surface area contributed by atoms with E-state index in [1.165, 1.54) is 0 Å². The maximum Gasteiger partial charge on any atom is 0.410 e. The smallest absolute Gasteiger partial charge is 0.410 e. The quantitative estimate of drug-likeness (QED) is 0.281. The van der Waals surface area contributed by atoms with Crippen molar-refractivity contribution in [1.29, 1.82) is 0 Å². The number of nitrogens with zero attached hydrogens (tertiary/aromatic N) is 2. The lowest BCUT2D eigenvalue weighted by molar-refractivity contribution is -0.169. The van der Waals surface area contributed by atoms with Gasteiger partial charge in [-0.3, -0.25) is 0 Å². The Kier molecular flexibility index (Phi) is 8.83. The molecule has 1 aromatic carbocycles. The summed E-state index contributed by atoms with van der Waals surface area (Å²) in [6.07, 6.45) is 3.96. The summed E-state index contributed by atoms with van der Waals surface area (Å²) in [5.41, 5.74) is 0.0429. The van der Waals surface area contributed by atoms with Gasteiger partial charge in [0.2, 0.25) is 5.79 Å². The first-order valence-electron chi connectivity index (χ1n) is 14.6. The molecular formula is C30H48N2O7Si. The summed E-state index contributed by atoms with van der Waals surface area (Å²) < 4.78 is 30.0. The van der Waals surface area contributed by atoms with Crippen molar-refractivity contribution >= 4 is 25.4 Å². The maximum absolute atomic E-state index is 12.4. The van der Waals surface area contributed by atoms with Crippen molar-refractivity contribution in [1.82, 2.24) is 10.1 Å². The Bertz CT molecular complexity index is 1150. The summed E-state index contributed by atoms with van der Waals surface area (Å²) in [4.78, 5) is 14.1. The first-order chi connectivity index (χ1) is 18.6. The maximum atomic E-state index is 12.4. The number of piperidine rings is 1. The first-order valence-corrected chi connectivity index (χ1v) is 17.5. The fourth-order valence-electron chi connectivity index (χ4n) is 4.98. The highest BCUT2D eigenvalue weighted by Gasteiger charge is 2.43. The van der Waals surface area contributed by atoms with Gasteiger partial charge in [-0.1, -0.05) is 26.8 Å². The lowest BCUT2D eigenvalue weighted by atomic mass is 9.92. The van der Waals surface area contributed by atoms with Crippen molar-refractivity contribution in [3.05, 3.63) is 18.2 Å². The lowest BCUT2D eigenvalue weighted by Crippen LogP contribution is -2.48. The number of benzene rings is 1. The molecule has 0 bridgehead atoms. The number of ether oxygens (including phenoxy) is 3. The third kappa shape index (κ3) is 7.50. The lowest BCUT2D eigenvalue weighted by Gasteiger charge is -2.43. The van der Waals surface area contributed by atoms with Crippen LogP contribution < -0.4 is 9.47 Å². The number of hydrogen-bond acceptors (Lipinski definition) is 8. The summed E-state index contributed by atoms with van der Waals surface area (Å²) in [6, 6.07) is 5.46. The zero-order chi connectivity index (χ0) is 29.3. The van der Waals surface area contributed by atoms with E-state index in [9.17, 15) is 9.90 Å².